The molecular formula is C62H44N2O2. The minimum absolute atomic E-state index is 0.0718. The van der Waals surface area contributed by atoms with Crippen molar-refractivity contribution in [1.82, 2.24) is 0 Å². The van der Waals surface area contributed by atoms with Gasteiger partial charge in [0.15, 0.2) is 5.84 Å². The van der Waals surface area contributed by atoms with Crippen molar-refractivity contribution in [2.24, 2.45) is 15.9 Å². The van der Waals surface area contributed by atoms with Crippen molar-refractivity contribution in [2.45, 2.75) is 32.1 Å². The standard InChI is InChI=1S/C62H44N2O2/c1-38-26-30-56(63-62(45-19-13-18-40(33-45)39-14-3-2-4-15-39)64-61(38)44-28-31-59-54(35-44)49-22-9-11-24-57(49)65-59)53-36-55-50-23-10-12-25-58(50)66-60(55)37-52(53)48-29-27-43-32-41-16-5-6-17-42(41)34-51(43)47-21-8-7-20-46(47)48/h2-25,28,30-38,48H,26-27,29H2,1H3/b56-30+,63-62?,64-61?. The highest BCUT2D eigenvalue weighted by Crippen LogP contribution is 2.47. The molecule has 9 aromatic carbocycles. The third-order valence-electron chi connectivity index (χ3n) is 14.0. The number of allylic oxidation sites excluding steroid dienone is 1. The van der Waals surface area contributed by atoms with Gasteiger partial charge in [0.2, 0.25) is 0 Å². The van der Waals surface area contributed by atoms with Crippen LogP contribution in [0.1, 0.15) is 59.1 Å². The summed E-state index contributed by atoms with van der Waals surface area (Å²) >= 11 is 0. The molecule has 1 aliphatic heterocycles. The number of amidine groups is 1. The Bertz CT molecular complexity index is 3830. The molecule has 0 spiro atoms. The molecule has 4 nitrogen and oxygen atoms in total. The highest BCUT2D eigenvalue weighted by Gasteiger charge is 2.29. The third-order valence-corrected chi connectivity index (χ3v) is 14.0. The lowest BCUT2D eigenvalue weighted by molar-refractivity contribution is 0.665. The number of benzene rings is 9. The van der Waals surface area contributed by atoms with Crippen LogP contribution < -0.4 is 0 Å². The monoisotopic (exact) mass is 848 g/mol. The largest absolute Gasteiger partial charge is 0.456 e. The maximum Gasteiger partial charge on any atom is 0.160 e. The molecule has 4 heteroatoms. The predicted octanol–water partition coefficient (Wildman–Crippen LogP) is 16.4. The van der Waals surface area contributed by atoms with E-state index in [9.17, 15) is 0 Å². The van der Waals surface area contributed by atoms with Crippen LogP contribution in [0.3, 0.4) is 0 Å². The summed E-state index contributed by atoms with van der Waals surface area (Å²) < 4.78 is 13.0. The van der Waals surface area contributed by atoms with E-state index in [-0.39, 0.29) is 11.8 Å². The van der Waals surface area contributed by atoms with Crippen LogP contribution in [0.5, 0.6) is 0 Å². The number of fused-ring (bicyclic) bond motifs is 10. The number of aliphatic imine (C=N–C) groups is 2. The Hall–Kier alpha value is -8.08. The van der Waals surface area contributed by atoms with Gasteiger partial charge in [0.1, 0.15) is 22.3 Å². The van der Waals surface area contributed by atoms with Crippen molar-refractivity contribution in [3.63, 3.8) is 0 Å². The van der Waals surface area contributed by atoms with E-state index in [0.29, 0.717) is 5.84 Å². The second kappa shape index (κ2) is 15.6. The lowest BCUT2D eigenvalue weighted by Crippen LogP contribution is -2.17. The van der Waals surface area contributed by atoms with Crippen molar-refractivity contribution in [1.29, 1.82) is 0 Å². The van der Waals surface area contributed by atoms with Gasteiger partial charge in [0.05, 0.1) is 11.4 Å². The fraction of sp³-hybridized carbons (Fsp3) is 0.0968. The summed E-state index contributed by atoms with van der Waals surface area (Å²) in [5.74, 6) is 0.826. The number of para-hydroxylation sites is 2. The summed E-state index contributed by atoms with van der Waals surface area (Å²) in [6.45, 7) is 2.30. The third kappa shape index (κ3) is 6.51. The number of hydrogen-bond acceptors (Lipinski definition) is 4. The first-order valence-corrected chi connectivity index (χ1v) is 23.1. The van der Waals surface area contributed by atoms with Crippen LogP contribution >= 0.6 is 0 Å². The van der Waals surface area contributed by atoms with Crippen LogP contribution in [-0.2, 0) is 6.42 Å². The van der Waals surface area contributed by atoms with Gasteiger partial charge in [0.25, 0.3) is 0 Å². The lowest BCUT2D eigenvalue weighted by atomic mass is 9.82. The zero-order valence-corrected chi connectivity index (χ0v) is 36.5. The Kier molecular flexibility index (Phi) is 9.06. The molecule has 2 aliphatic rings. The maximum atomic E-state index is 6.70. The van der Waals surface area contributed by atoms with E-state index in [1.807, 2.05) is 12.1 Å². The Balaban J connectivity index is 1.03. The minimum Gasteiger partial charge on any atom is -0.456 e. The average molecular weight is 849 g/mol. The highest BCUT2D eigenvalue weighted by atomic mass is 16.3. The zero-order valence-electron chi connectivity index (χ0n) is 36.5. The topological polar surface area (TPSA) is 51.0 Å². The van der Waals surface area contributed by atoms with E-state index in [1.165, 1.54) is 38.6 Å². The number of rotatable bonds is 5. The molecule has 0 radical (unpaired) electrons. The SMILES string of the molecule is CC1C/C=C(\c2cc3c(cc2C2CCc4cc5ccccc5cc4-c4ccccc42)oc2ccccc23)N=C(c2cccc(-c3ccccc3)c2)N=C1c1ccc2oc3ccccc3c2c1. The molecule has 1 aliphatic carbocycles. The maximum absolute atomic E-state index is 6.70. The second-order valence-corrected chi connectivity index (χ2v) is 18.0. The molecule has 0 saturated carbocycles. The van der Waals surface area contributed by atoms with E-state index in [1.54, 1.807) is 0 Å². The summed E-state index contributed by atoms with van der Waals surface area (Å²) in [4.78, 5) is 11.4. The van der Waals surface area contributed by atoms with Gasteiger partial charge in [-0.25, -0.2) is 9.98 Å². The molecule has 0 saturated heterocycles. The molecule has 314 valence electrons. The van der Waals surface area contributed by atoms with E-state index in [2.05, 4.69) is 195 Å². The van der Waals surface area contributed by atoms with Crippen molar-refractivity contribution >= 4 is 71.9 Å². The summed E-state index contributed by atoms with van der Waals surface area (Å²) in [7, 11) is 0. The Morgan fingerprint density at radius 1 is 0.439 bits per heavy atom. The lowest BCUT2D eigenvalue weighted by Gasteiger charge is -2.24. The first-order chi connectivity index (χ1) is 32.6. The van der Waals surface area contributed by atoms with Crippen molar-refractivity contribution in [2.75, 3.05) is 0 Å². The minimum atomic E-state index is 0.0718. The highest BCUT2D eigenvalue weighted by molar-refractivity contribution is 6.17. The molecule has 0 fully saturated rings. The van der Waals surface area contributed by atoms with Crippen LogP contribution in [0.4, 0.5) is 0 Å². The zero-order chi connectivity index (χ0) is 43.7. The van der Waals surface area contributed by atoms with E-state index >= 15 is 0 Å². The van der Waals surface area contributed by atoms with Crippen molar-refractivity contribution in [3.05, 3.63) is 234 Å². The van der Waals surface area contributed by atoms with Crippen LogP contribution in [0.2, 0.25) is 0 Å². The molecule has 0 bridgehead atoms. The first kappa shape index (κ1) is 38.4. The van der Waals surface area contributed by atoms with Crippen LogP contribution in [-0.4, -0.2) is 11.5 Å². The molecule has 3 heterocycles. The van der Waals surface area contributed by atoms with Gasteiger partial charge in [-0.2, -0.15) is 0 Å². The molecule has 11 aromatic rings. The van der Waals surface area contributed by atoms with Gasteiger partial charge in [-0.15, -0.1) is 0 Å². The molecule has 2 aromatic heterocycles. The number of furan rings is 2. The summed E-state index contributed by atoms with van der Waals surface area (Å²) in [5.41, 5.74) is 17.4. The quantitative estimate of drug-likeness (QED) is 0.173. The average Bonchev–Trinajstić information content (AvgIpc) is 3.88. The fourth-order valence-electron chi connectivity index (χ4n) is 10.7. The van der Waals surface area contributed by atoms with Crippen molar-refractivity contribution < 1.29 is 8.83 Å². The van der Waals surface area contributed by atoms with Gasteiger partial charge >= 0.3 is 0 Å². The van der Waals surface area contributed by atoms with E-state index in [4.69, 9.17) is 18.8 Å². The van der Waals surface area contributed by atoms with Crippen LogP contribution in [0.15, 0.2) is 219 Å². The normalized spacial score (nSPS) is 17.1. The van der Waals surface area contributed by atoms with Crippen LogP contribution in [0, 0.1) is 5.92 Å². The summed E-state index contributed by atoms with van der Waals surface area (Å²) in [5, 5.41) is 6.92. The fourth-order valence-corrected chi connectivity index (χ4v) is 10.7. The van der Waals surface area contributed by atoms with Gasteiger partial charge in [0, 0.05) is 44.5 Å². The second-order valence-electron chi connectivity index (χ2n) is 18.0. The Labute approximate surface area is 382 Å². The van der Waals surface area contributed by atoms with Crippen molar-refractivity contribution in [3.8, 4) is 22.3 Å². The number of nitrogens with zero attached hydrogens (tertiary/aromatic N) is 2. The molecule has 0 N–H and O–H groups in total. The molecule has 66 heavy (non-hydrogen) atoms. The summed E-state index contributed by atoms with van der Waals surface area (Å²) in [6, 6.07) is 69.7. The molecule has 0 amide bonds. The Morgan fingerprint density at radius 2 is 1.11 bits per heavy atom. The molecule has 2 unspecified atom stereocenters. The molecule has 2 atom stereocenters. The number of aryl methyl sites for hydroxylation is 1. The van der Waals surface area contributed by atoms with Gasteiger partial charge in [-0.05, 0) is 129 Å². The van der Waals surface area contributed by atoms with Crippen LogP contribution in [0.25, 0.3) is 82.6 Å². The van der Waals surface area contributed by atoms with E-state index < -0.39 is 0 Å². The molecular weight excluding hydrogens is 805 g/mol. The smallest absolute Gasteiger partial charge is 0.160 e. The summed E-state index contributed by atoms with van der Waals surface area (Å²) in [6.07, 6.45) is 5.00. The van der Waals surface area contributed by atoms with Gasteiger partial charge < -0.3 is 8.83 Å². The Morgan fingerprint density at radius 3 is 1.94 bits per heavy atom. The predicted molar refractivity (Wildman–Crippen MR) is 274 cm³/mol. The van der Waals surface area contributed by atoms with Gasteiger partial charge in [-0.1, -0.05) is 153 Å². The molecule has 13 rings (SSSR count). The number of hydrogen-bond donors (Lipinski definition) is 0. The first-order valence-electron chi connectivity index (χ1n) is 23.1. The van der Waals surface area contributed by atoms with E-state index in [0.717, 1.165) is 102 Å². The van der Waals surface area contributed by atoms with Gasteiger partial charge in [-0.3, -0.25) is 0 Å².